The van der Waals surface area contributed by atoms with Crippen LogP contribution in [0.4, 0.5) is 0 Å². The maximum Gasteiger partial charge on any atom is 0.306 e. The molecule has 4 nitrogen and oxygen atoms in total. The van der Waals surface area contributed by atoms with Crippen LogP contribution in [0.25, 0.3) is 9.88 Å². The summed E-state index contributed by atoms with van der Waals surface area (Å²) in [5, 5.41) is 9.28. The fraction of sp³-hybridized carbons (Fsp3) is 0.417. The number of nitrogens with zero attached hydrogens (tertiary/aromatic N) is 2. The van der Waals surface area contributed by atoms with Crippen LogP contribution in [0.15, 0.2) is 16.5 Å². The molecular formula is C12H14N2O2S3. The third-order valence-corrected chi connectivity index (χ3v) is 5.84. The molecule has 0 spiro atoms. The molecule has 102 valence electrons. The molecule has 0 radical (unpaired) electrons. The Morgan fingerprint density at radius 2 is 2.21 bits per heavy atom. The minimum absolute atomic E-state index is 0.192. The summed E-state index contributed by atoms with van der Waals surface area (Å²) in [6.45, 7) is 2.14. The Morgan fingerprint density at radius 1 is 1.37 bits per heavy atom. The molecule has 0 N–H and O–H groups in total. The van der Waals surface area contributed by atoms with Crippen molar-refractivity contribution in [3.05, 3.63) is 17.0 Å². The maximum atomic E-state index is 11.0. The van der Waals surface area contributed by atoms with Crippen molar-refractivity contribution in [1.29, 1.82) is 0 Å². The van der Waals surface area contributed by atoms with Crippen LogP contribution >= 0.6 is 34.4 Å². The molecule has 0 aliphatic heterocycles. The maximum absolute atomic E-state index is 11.0. The van der Waals surface area contributed by atoms with E-state index in [0.29, 0.717) is 12.2 Å². The smallest absolute Gasteiger partial charge is 0.306 e. The molecule has 0 unspecified atom stereocenters. The second-order valence-corrected chi connectivity index (χ2v) is 7.16. The van der Waals surface area contributed by atoms with Gasteiger partial charge < -0.3 is 4.74 Å². The van der Waals surface area contributed by atoms with E-state index in [1.54, 1.807) is 34.4 Å². The van der Waals surface area contributed by atoms with Gasteiger partial charge >= 0.3 is 5.97 Å². The van der Waals surface area contributed by atoms with Gasteiger partial charge in [0.15, 0.2) is 9.35 Å². The third-order valence-electron chi connectivity index (χ3n) is 2.39. The lowest BCUT2D eigenvalue weighted by Gasteiger charge is -1.95. The van der Waals surface area contributed by atoms with Crippen LogP contribution in [-0.2, 0) is 16.0 Å². The summed E-state index contributed by atoms with van der Waals surface area (Å²) in [7, 11) is 1.40. The van der Waals surface area contributed by atoms with Crippen molar-refractivity contribution in [2.24, 2.45) is 0 Å². The number of rotatable bonds is 6. The third kappa shape index (κ3) is 4.02. The summed E-state index contributed by atoms with van der Waals surface area (Å²) in [6, 6.07) is 4.22. The first kappa shape index (κ1) is 14.5. The van der Waals surface area contributed by atoms with Crippen LogP contribution in [0.1, 0.15) is 18.2 Å². The molecule has 7 heteroatoms. The summed E-state index contributed by atoms with van der Waals surface area (Å²) in [5.41, 5.74) is 0. The van der Waals surface area contributed by atoms with Gasteiger partial charge in [0.2, 0.25) is 0 Å². The Hall–Kier alpha value is -0.920. The number of carbonyl (C=O) groups excluding carboxylic acids is 1. The highest BCUT2D eigenvalue weighted by molar-refractivity contribution is 8.01. The molecule has 0 atom stereocenters. The van der Waals surface area contributed by atoms with E-state index in [2.05, 4.69) is 34.0 Å². The van der Waals surface area contributed by atoms with E-state index < -0.39 is 0 Å². The molecule has 0 saturated heterocycles. The number of methoxy groups -OCH3 is 1. The van der Waals surface area contributed by atoms with Gasteiger partial charge in [-0.05, 0) is 18.6 Å². The fourth-order valence-electron chi connectivity index (χ4n) is 1.37. The monoisotopic (exact) mass is 314 g/mol. The lowest BCUT2D eigenvalue weighted by Crippen LogP contribution is -2.00. The lowest BCUT2D eigenvalue weighted by atomic mass is 10.4. The zero-order valence-corrected chi connectivity index (χ0v) is 13.2. The predicted molar refractivity (Wildman–Crippen MR) is 80.0 cm³/mol. The Morgan fingerprint density at radius 3 is 2.89 bits per heavy atom. The van der Waals surface area contributed by atoms with E-state index in [1.807, 2.05) is 0 Å². The second kappa shape index (κ2) is 7.02. The van der Waals surface area contributed by atoms with Crippen molar-refractivity contribution in [3.63, 3.8) is 0 Å². The molecule has 0 aliphatic rings. The SMILES string of the molecule is CCc1ccc(-c2nnc(SCCC(=O)OC)s2)s1. The minimum Gasteiger partial charge on any atom is -0.469 e. The molecule has 0 bridgehead atoms. The number of hydrogen-bond acceptors (Lipinski definition) is 7. The molecule has 19 heavy (non-hydrogen) atoms. The van der Waals surface area contributed by atoms with E-state index in [1.165, 1.54) is 12.0 Å². The number of aryl methyl sites for hydroxylation is 1. The van der Waals surface area contributed by atoms with E-state index in [0.717, 1.165) is 20.6 Å². The standard InChI is InChI=1S/C12H14N2O2S3/c1-3-8-4-5-9(18-8)11-13-14-12(19-11)17-7-6-10(15)16-2/h4-5H,3,6-7H2,1-2H3. The first-order valence-electron chi connectivity index (χ1n) is 5.85. The molecule has 0 amide bonds. The Bertz CT molecular complexity index is 551. The molecule has 2 heterocycles. The average molecular weight is 314 g/mol. The molecule has 0 fully saturated rings. The Balaban J connectivity index is 1.93. The largest absolute Gasteiger partial charge is 0.469 e. The summed E-state index contributed by atoms with van der Waals surface area (Å²) in [5.74, 6) is 0.481. The number of thioether (sulfide) groups is 1. The number of esters is 1. The quantitative estimate of drug-likeness (QED) is 0.603. The van der Waals surface area contributed by atoms with Gasteiger partial charge in [-0.2, -0.15) is 0 Å². The van der Waals surface area contributed by atoms with Crippen LogP contribution in [0, 0.1) is 0 Å². The van der Waals surface area contributed by atoms with E-state index in [9.17, 15) is 4.79 Å². The van der Waals surface area contributed by atoms with Crippen molar-refractivity contribution < 1.29 is 9.53 Å². The number of hydrogen-bond donors (Lipinski definition) is 0. The van der Waals surface area contributed by atoms with Gasteiger partial charge in [0.25, 0.3) is 0 Å². The first-order valence-corrected chi connectivity index (χ1v) is 8.47. The zero-order chi connectivity index (χ0) is 13.7. The van der Waals surface area contributed by atoms with Crippen molar-refractivity contribution in [3.8, 4) is 9.88 Å². The van der Waals surface area contributed by atoms with Crippen LogP contribution in [0.2, 0.25) is 0 Å². The van der Waals surface area contributed by atoms with E-state index >= 15 is 0 Å². The van der Waals surface area contributed by atoms with Crippen molar-refractivity contribution in [2.45, 2.75) is 24.1 Å². The van der Waals surface area contributed by atoms with Crippen LogP contribution in [0.5, 0.6) is 0 Å². The van der Waals surface area contributed by atoms with Crippen molar-refractivity contribution in [1.82, 2.24) is 10.2 Å². The van der Waals surface area contributed by atoms with Crippen molar-refractivity contribution >= 4 is 40.4 Å². The molecular weight excluding hydrogens is 300 g/mol. The second-order valence-electron chi connectivity index (χ2n) is 3.67. The average Bonchev–Trinajstić information content (AvgIpc) is 3.06. The molecule has 0 aliphatic carbocycles. The van der Waals surface area contributed by atoms with Gasteiger partial charge in [-0.3, -0.25) is 4.79 Å². The highest BCUT2D eigenvalue weighted by Gasteiger charge is 2.10. The summed E-state index contributed by atoms with van der Waals surface area (Å²) >= 11 is 4.87. The van der Waals surface area contributed by atoms with Gasteiger partial charge in [-0.25, -0.2) is 0 Å². The fourth-order valence-corrected chi connectivity index (χ4v) is 4.21. The molecule has 0 saturated carbocycles. The predicted octanol–water partition coefficient (Wildman–Crippen LogP) is 3.48. The highest BCUT2D eigenvalue weighted by atomic mass is 32.2. The summed E-state index contributed by atoms with van der Waals surface area (Å²) < 4.78 is 5.49. The van der Waals surface area contributed by atoms with Crippen LogP contribution in [-0.4, -0.2) is 29.0 Å². The highest BCUT2D eigenvalue weighted by Crippen LogP contribution is 2.33. The minimum atomic E-state index is -0.192. The number of ether oxygens (including phenoxy) is 1. The number of aromatic nitrogens is 2. The topological polar surface area (TPSA) is 52.1 Å². The summed E-state index contributed by atoms with van der Waals surface area (Å²) in [4.78, 5) is 13.5. The first-order chi connectivity index (χ1) is 9.22. The van der Waals surface area contributed by atoms with Gasteiger partial charge in [0, 0.05) is 10.6 Å². The van der Waals surface area contributed by atoms with E-state index in [4.69, 9.17) is 0 Å². The molecule has 2 aromatic rings. The summed E-state index contributed by atoms with van der Waals surface area (Å²) in [6.07, 6.45) is 1.44. The Kier molecular flexibility index (Phi) is 5.35. The van der Waals surface area contributed by atoms with E-state index in [-0.39, 0.29) is 5.97 Å². The van der Waals surface area contributed by atoms with Crippen LogP contribution < -0.4 is 0 Å². The van der Waals surface area contributed by atoms with Gasteiger partial charge in [-0.15, -0.1) is 21.5 Å². The molecule has 0 aromatic carbocycles. The lowest BCUT2D eigenvalue weighted by molar-refractivity contribution is -0.140. The number of carbonyl (C=O) groups is 1. The van der Waals surface area contributed by atoms with Crippen molar-refractivity contribution in [2.75, 3.05) is 12.9 Å². The van der Waals surface area contributed by atoms with Gasteiger partial charge in [-0.1, -0.05) is 30.0 Å². The van der Waals surface area contributed by atoms with Crippen LogP contribution in [0.3, 0.4) is 0 Å². The zero-order valence-electron chi connectivity index (χ0n) is 10.7. The normalized spacial score (nSPS) is 10.6. The molecule has 2 aromatic heterocycles. The van der Waals surface area contributed by atoms with Gasteiger partial charge in [0.05, 0.1) is 18.4 Å². The Labute approximate surface area is 124 Å². The number of thiophene rings is 1. The van der Waals surface area contributed by atoms with Gasteiger partial charge in [0.1, 0.15) is 0 Å². The molecule has 2 rings (SSSR count).